The highest BCUT2D eigenvalue weighted by molar-refractivity contribution is 5.77. The summed E-state index contributed by atoms with van der Waals surface area (Å²) in [5.41, 5.74) is 0. The van der Waals surface area contributed by atoms with Gasteiger partial charge in [-0.3, -0.25) is 4.79 Å². The Balaban J connectivity index is 1.71. The highest BCUT2D eigenvalue weighted by Crippen LogP contribution is 2.10. The van der Waals surface area contributed by atoms with Gasteiger partial charge in [0.05, 0.1) is 6.04 Å². The molecule has 8 heteroatoms. The summed E-state index contributed by atoms with van der Waals surface area (Å²) in [7, 11) is 1.83. The summed E-state index contributed by atoms with van der Waals surface area (Å²) in [6.45, 7) is 3.65. The molecule has 1 aromatic rings. The molecule has 1 fully saturated rings. The Morgan fingerprint density at radius 3 is 2.95 bits per heavy atom. The van der Waals surface area contributed by atoms with Crippen LogP contribution in [0.15, 0.2) is 6.33 Å². The summed E-state index contributed by atoms with van der Waals surface area (Å²) < 4.78 is 1.76. The Morgan fingerprint density at radius 2 is 2.23 bits per heavy atom. The van der Waals surface area contributed by atoms with Crippen LogP contribution in [0.1, 0.15) is 44.5 Å². The second-order valence-corrected chi connectivity index (χ2v) is 5.61. The van der Waals surface area contributed by atoms with Gasteiger partial charge in [0.25, 0.3) is 0 Å². The van der Waals surface area contributed by atoms with E-state index in [1.165, 1.54) is 0 Å². The number of hydrogen-bond donors (Lipinski definition) is 2. The fourth-order valence-electron chi connectivity index (χ4n) is 2.58. The molecule has 0 bridgehead atoms. The van der Waals surface area contributed by atoms with E-state index in [9.17, 15) is 9.59 Å². The number of hydrogen-bond acceptors (Lipinski definition) is 4. The highest BCUT2D eigenvalue weighted by atomic mass is 16.2. The molecular weight excluding hydrogens is 284 g/mol. The minimum atomic E-state index is -0.266. The van der Waals surface area contributed by atoms with E-state index in [-0.39, 0.29) is 18.0 Å². The zero-order valence-electron chi connectivity index (χ0n) is 13.2. The summed E-state index contributed by atoms with van der Waals surface area (Å²) in [5, 5.41) is 13.3. The zero-order valence-corrected chi connectivity index (χ0v) is 13.2. The third-order valence-corrected chi connectivity index (χ3v) is 3.82. The fourth-order valence-corrected chi connectivity index (χ4v) is 2.58. The van der Waals surface area contributed by atoms with Crippen LogP contribution in [0.5, 0.6) is 0 Å². The first-order valence-corrected chi connectivity index (χ1v) is 7.74. The quantitative estimate of drug-likeness (QED) is 0.832. The minimum Gasteiger partial charge on any atom is -0.341 e. The number of urea groups is 1. The molecule has 22 heavy (non-hydrogen) atoms. The van der Waals surface area contributed by atoms with E-state index >= 15 is 0 Å². The van der Waals surface area contributed by atoms with Crippen molar-refractivity contribution in [3.8, 4) is 0 Å². The van der Waals surface area contributed by atoms with Gasteiger partial charge in [0.2, 0.25) is 5.91 Å². The molecule has 1 aliphatic heterocycles. The Morgan fingerprint density at radius 1 is 1.41 bits per heavy atom. The normalized spacial score (nSPS) is 17.0. The lowest BCUT2D eigenvalue weighted by Gasteiger charge is -2.21. The number of nitrogens with zero attached hydrogens (tertiary/aromatic N) is 4. The number of nitrogens with one attached hydrogen (secondary N) is 2. The molecule has 1 saturated heterocycles. The van der Waals surface area contributed by atoms with Gasteiger partial charge in [-0.2, -0.15) is 0 Å². The fraction of sp³-hybridized carbons (Fsp3) is 0.714. The van der Waals surface area contributed by atoms with E-state index < -0.39 is 0 Å². The summed E-state index contributed by atoms with van der Waals surface area (Å²) >= 11 is 0. The topological polar surface area (TPSA) is 92.2 Å². The Bertz CT molecular complexity index is 515. The van der Waals surface area contributed by atoms with Gasteiger partial charge >= 0.3 is 6.03 Å². The molecule has 0 aliphatic carbocycles. The predicted molar refractivity (Wildman–Crippen MR) is 81.0 cm³/mol. The number of rotatable bonds is 5. The van der Waals surface area contributed by atoms with Crippen molar-refractivity contribution in [1.82, 2.24) is 30.3 Å². The molecule has 1 aliphatic rings. The van der Waals surface area contributed by atoms with Crippen LogP contribution >= 0.6 is 0 Å². The molecule has 1 atom stereocenters. The van der Waals surface area contributed by atoms with Gasteiger partial charge in [0.1, 0.15) is 6.33 Å². The first kappa shape index (κ1) is 16.3. The van der Waals surface area contributed by atoms with E-state index in [0.29, 0.717) is 25.3 Å². The molecule has 2 rings (SSSR count). The summed E-state index contributed by atoms with van der Waals surface area (Å²) in [4.78, 5) is 25.5. The van der Waals surface area contributed by atoms with E-state index in [0.717, 1.165) is 25.8 Å². The first-order valence-electron chi connectivity index (χ1n) is 7.74. The molecule has 1 aromatic heterocycles. The Kier molecular flexibility index (Phi) is 5.74. The summed E-state index contributed by atoms with van der Waals surface area (Å²) in [5.74, 6) is 0.880. The molecule has 8 nitrogen and oxygen atoms in total. The third-order valence-electron chi connectivity index (χ3n) is 3.82. The number of likely N-dealkylation sites (tertiary alicyclic amines) is 1. The number of aromatic nitrogens is 3. The van der Waals surface area contributed by atoms with E-state index in [1.54, 1.807) is 10.9 Å². The zero-order chi connectivity index (χ0) is 15.9. The van der Waals surface area contributed by atoms with Crippen LogP contribution in [0.25, 0.3) is 0 Å². The maximum absolute atomic E-state index is 11.9. The maximum Gasteiger partial charge on any atom is 0.315 e. The number of aryl methyl sites for hydroxylation is 1. The second-order valence-electron chi connectivity index (χ2n) is 5.61. The van der Waals surface area contributed by atoms with Crippen molar-refractivity contribution in [2.45, 2.75) is 38.6 Å². The molecule has 2 N–H and O–H groups in total. The van der Waals surface area contributed by atoms with E-state index in [4.69, 9.17) is 0 Å². The number of carbonyl (C=O) groups is 2. The van der Waals surface area contributed by atoms with Crippen LogP contribution in [0.4, 0.5) is 4.79 Å². The van der Waals surface area contributed by atoms with Crippen molar-refractivity contribution >= 4 is 11.9 Å². The lowest BCUT2D eigenvalue weighted by atomic mass is 10.2. The van der Waals surface area contributed by atoms with E-state index in [1.807, 2.05) is 18.9 Å². The average molecular weight is 308 g/mol. The van der Waals surface area contributed by atoms with Crippen LogP contribution in [0.3, 0.4) is 0 Å². The van der Waals surface area contributed by atoms with Crippen LogP contribution in [0, 0.1) is 0 Å². The molecule has 2 heterocycles. The van der Waals surface area contributed by atoms with Crippen molar-refractivity contribution in [3.63, 3.8) is 0 Å². The molecule has 0 spiro atoms. The number of amides is 3. The van der Waals surface area contributed by atoms with Gasteiger partial charge in [-0.25, -0.2) is 4.79 Å². The van der Waals surface area contributed by atoms with Crippen molar-refractivity contribution in [2.24, 2.45) is 7.05 Å². The van der Waals surface area contributed by atoms with Gasteiger partial charge in [-0.1, -0.05) is 6.42 Å². The van der Waals surface area contributed by atoms with Gasteiger partial charge in [0, 0.05) is 33.1 Å². The second kappa shape index (κ2) is 7.77. The van der Waals surface area contributed by atoms with Gasteiger partial charge in [-0.15, -0.1) is 10.2 Å². The van der Waals surface area contributed by atoms with Gasteiger partial charge < -0.3 is 20.1 Å². The Labute approximate surface area is 130 Å². The smallest absolute Gasteiger partial charge is 0.315 e. The van der Waals surface area contributed by atoms with Gasteiger partial charge in [0.15, 0.2) is 5.82 Å². The molecule has 122 valence electrons. The van der Waals surface area contributed by atoms with Crippen LogP contribution in [-0.2, 0) is 11.8 Å². The van der Waals surface area contributed by atoms with Crippen LogP contribution in [0.2, 0.25) is 0 Å². The van der Waals surface area contributed by atoms with Gasteiger partial charge in [-0.05, 0) is 19.8 Å². The minimum absolute atomic E-state index is 0.187. The van der Waals surface area contributed by atoms with Crippen molar-refractivity contribution in [1.29, 1.82) is 0 Å². The lowest BCUT2D eigenvalue weighted by Crippen LogP contribution is -2.43. The van der Waals surface area contributed by atoms with Crippen LogP contribution < -0.4 is 10.6 Å². The molecule has 0 saturated carbocycles. The monoisotopic (exact) mass is 308 g/mol. The molecule has 0 unspecified atom stereocenters. The highest BCUT2D eigenvalue weighted by Gasteiger charge is 2.17. The van der Waals surface area contributed by atoms with Crippen molar-refractivity contribution in [2.75, 3.05) is 19.6 Å². The number of carbonyl (C=O) groups excluding carboxylic acids is 2. The predicted octanol–water partition coefficient (Wildman–Crippen LogP) is 0.578. The van der Waals surface area contributed by atoms with Crippen molar-refractivity contribution < 1.29 is 9.59 Å². The summed E-state index contributed by atoms with van der Waals surface area (Å²) in [6, 6.07) is -0.495. The first-order chi connectivity index (χ1) is 10.6. The molecule has 0 radical (unpaired) electrons. The summed E-state index contributed by atoms with van der Waals surface area (Å²) in [6.07, 6.45) is 5.33. The molecule has 0 aromatic carbocycles. The molecular formula is C14H24N6O2. The average Bonchev–Trinajstić information content (AvgIpc) is 2.80. The largest absolute Gasteiger partial charge is 0.341 e. The maximum atomic E-state index is 11.9. The van der Waals surface area contributed by atoms with Crippen LogP contribution in [-0.4, -0.2) is 51.2 Å². The molecule has 3 amide bonds. The SMILES string of the molecule is C[C@H](NC(=O)NCCN1CCCCCC1=O)c1nncn1C. The third kappa shape index (κ3) is 4.44. The van der Waals surface area contributed by atoms with E-state index in [2.05, 4.69) is 20.8 Å². The van der Waals surface area contributed by atoms with Crippen molar-refractivity contribution in [3.05, 3.63) is 12.2 Å². The Hall–Kier alpha value is -2.12. The standard InChI is InChI=1S/C14H24N6O2/c1-11(13-18-16-10-19(13)2)17-14(22)15-7-9-20-8-5-3-4-6-12(20)21/h10-11H,3-9H2,1-2H3,(H2,15,17,22)/t11-/m0/s1. The lowest BCUT2D eigenvalue weighted by molar-refractivity contribution is -0.130.